The maximum atomic E-state index is 13.0. The Hall–Kier alpha value is -1.38. The van der Waals surface area contributed by atoms with Crippen molar-refractivity contribution in [1.29, 1.82) is 0 Å². The summed E-state index contributed by atoms with van der Waals surface area (Å²) in [6.07, 6.45) is 3.34. The van der Waals surface area contributed by atoms with Gasteiger partial charge >= 0.3 is 0 Å². The van der Waals surface area contributed by atoms with E-state index in [1.165, 1.54) is 18.3 Å². The van der Waals surface area contributed by atoms with Crippen LogP contribution in [0.5, 0.6) is 0 Å². The van der Waals surface area contributed by atoms with Gasteiger partial charge < -0.3 is 0 Å². The molecule has 3 heteroatoms. The summed E-state index contributed by atoms with van der Waals surface area (Å²) < 4.78 is 26.0. The highest BCUT2D eigenvalue weighted by Crippen LogP contribution is 2.27. The van der Waals surface area contributed by atoms with E-state index in [1.807, 2.05) is 0 Å². The Morgan fingerprint density at radius 3 is 2.92 bits per heavy atom. The smallest absolute Gasteiger partial charge is 0.128 e. The van der Waals surface area contributed by atoms with Crippen molar-refractivity contribution in [2.75, 3.05) is 5.12 Å². The maximum absolute atomic E-state index is 13.0. The van der Waals surface area contributed by atoms with E-state index in [0.717, 1.165) is 0 Å². The van der Waals surface area contributed by atoms with Gasteiger partial charge in [0.25, 0.3) is 0 Å². The molecule has 1 nitrogen and oxygen atoms in total. The van der Waals surface area contributed by atoms with Gasteiger partial charge in [-0.3, -0.25) is 0 Å². The van der Waals surface area contributed by atoms with Crippen LogP contribution in [0.25, 0.3) is 0 Å². The van der Waals surface area contributed by atoms with Crippen molar-refractivity contribution in [3.05, 3.63) is 41.9 Å². The Balaban J connectivity index is 2.57. The Labute approximate surface area is 68.9 Å². The molecule has 0 bridgehead atoms. The fourth-order valence-electron chi connectivity index (χ4n) is 1.29. The van der Waals surface area contributed by atoms with E-state index in [4.69, 9.17) is 0 Å². The average molecular weight is 167 g/mol. The molecule has 0 amide bonds. The zero-order chi connectivity index (χ0) is 8.55. The number of allylic oxidation sites excluding steroid dienone is 1. The van der Waals surface area contributed by atoms with Gasteiger partial charge in [-0.2, -0.15) is 5.12 Å². The van der Waals surface area contributed by atoms with E-state index in [1.54, 1.807) is 12.1 Å². The Morgan fingerprint density at radius 1 is 1.33 bits per heavy atom. The van der Waals surface area contributed by atoms with E-state index in [0.29, 0.717) is 22.8 Å². The number of fused-ring (bicyclic) bond motifs is 1. The summed E-state index contributed by atoms with van der Waals surface area (Å²) in [5, 5.41) is 0.432. The second kappa shape index (κ2) is 2.59. The lowest BCUT2D eigenvalue weighted by atomic mass is 10.1. The van der Waals surface area contributed by atoms with Gasteiger partial charge in [0, 0.05) is 11.8 Å². The van der Waals surface area contributed by atoms with Crippen LogP contribution < -0.4 is 5.12 Å². The Morgan fingerprint density at radius 2 is 2.17 bits per heavy atom. The van der Waals surface area contributed by atoms with Crippen LogP contribution >= 0.6 is 0 Å². The maximum Gasteiger partial charge on any atom is 0.128 e. The zero-order valence-corrected chi connectivity index (χ0v) is 6.30. The van der Waals surface area contributed by atoms with Gasteiger partial charge in [-0.1, -0.05) is 16.6 Å². The molecule has 62 valence electrons. The molecular weight excluding hydrogens is 160 g/mol. The van der Waals surface area contributed by atoms with Crippen LogP contribution in [-0.4, -0.2) is 0 Å². The number of anilines is 1. The minimum Gasteiger partial charge on any atom is -0.207 e. The van der Waals surface area contributed by atoms with E-state index >= 15 is 0 Å². The number of hydrogen-bond donors (Lipinski definition) is 0. The summed E-state index contributed by atoms with van der Waals surface area (Å²) >= 11 is 0. The van der Waals surface area contributed by atoms with Crippen molar-refractivity contribution >= 4 is 5.69 Å². The van der Waals surface area contributed by atoms with E-state index in [2.05, 4.69) is 0 Å². The Kier molecular flexibility index (Phi) is 1.57. The van der Waals surface area contributed by atoms with Crippen LogP contribution in [0.15, 0.2) is 30.5 Å². The first-order chi connectivity index (χ1) is 5.79. The molecule has 0 saturated carbocycles. The van der Waals surface area contributed by atoms with Gasteiger partial charge in [0.1, 0.15) is 5.82 Å². The predicted octanol–water partition coefficient (Wildman–Crippen LogP) is 2.59. The van der Waals surface area contributed by atoms with Crippen molar-refractivity contribution in [1.82, 2.24) is 0 Å². The summed E-state index contributed by atoms with van der Waals surface area (Å²) in [5.74, 6) is -0.348. The second-order valence-electron chi connectivity index (χ2n) is 2.64. The molecule has 0 aromatic heterocycles. The van der Waals surface area contributed by atoms with Crippen LogP contribution in [-0.2, 0) is 6.42 Å². The summed E-state index contributed by atoms with van der Waals surface area (Å²) in [4.78, 5) is 0. The van der Waals surface area contributed by atoms with Crippen LogP contribution in [0.4, 0.5) is 14.6 Å². The Bertz CT molecular complexity index is 333. The molecule has 1 aliphatic rings. The quantitative estimate of drug-likeness (QED) is 0.537. The standard InChI is InChI=1S/C9H7F2N/c10-8-4-1-5-9-7(8)3-2-6-12(9)11/h1-2,4-6H,3H2. The minimum absolute atomic E-state index is 0.303. The van der Waals surface area contributed by atoms with Crippen molar-refractivity contribution in [3.63, 3.8) is 0 Å². The summed E-state index contributed by atoms with van der Waals surface area (Å²) in [6, 6.07) is 4.40. The number of rotatable bonds is 0. The monoisotopic (exact) mass is 167 g/mol. The highest BCUT2D eigenvalue weighted by atomic mass is 19.2. The number of nitrogens with zero attached hydrogens (tertiary/aromatic N) is 1. The van der Waals surface area contributed by atoms with Gasteiger partial charge in [-0.05, 0) is 18.6 Å². The largest absolute Gasteiger partial charge is 0.207 e. The molecule has 1 heterocycles. The van der Waals surface area contributed by atoms with Gasteiger partial charge in [0.05, 0.1) is 5.69 Å². The molecule has 0 aliphatic carbocycles. The van der Waals surface area contributed by atoms with Crippen LogP contribution in [0, 0.1) is 5.82 Å². The molecular formula is C9H7F2N. The summed E-state index contributed by atoms with van der Waals surface area (Å²) in [6.45, 7) is 0. The lowest BCUT2D eigenvalue weighted by Gasteiger charge is -2.17. The minimum atomic E-state index is -0.348. The van der Waals surface area contributed by atoms with Gasteiger partial charge in [-0.25, -0.2) is 4.39 Å². The highest BCUT2D eigenvalue weighted by Gasteiger charge is 2.14. The van der Waals surface area contributed by atoms with Crippen LogP contribution in [0.1, 0.15) is 5.56 Å². The molecule has 0 radical (unpaired) electrons. The third-order valence-corrected chi connectivity index (χ3v) is 1.88. The number of hydrogen-bond acceptors (Lipinski definition) is 1. The number of halogens is 2. The molecule has 1 aromatic carbocycles. The average Bonchev–Trinajstić information content (AvgIpc) is 2.07. The fourth-order valence-corrected chi connectivity index (χ4v) is 1.29. The fraction of sp³-hybridized carbons (Fsp3) is 0.111. The molecule has 0 fully saturated rings. The molecule has 1 aliphatic heterocycles. The SMILES string of the molecule is Fc1cccc2c1CC=CN2F. The molecule has 0 saturated heterocycles. The topological polar surface area (TPSA) is 3.24 Å². The second-order valence-corrected chi connectivity index (χ2v) is 2.64. The molecule has 0 N–H and O–H groups in total. The zero-order valence-electron chi connectivity index (χ0n) is 6.30. The highest BCUT2D eigenvalue weighted by molar-refractivity contribution is 5.56. The van der Waals surface area contributed by atoms with E-state index in [-0.39, 0.29) is 5.82 Å². The van der Waals surface area contributed by atoms with Crippen molar-refractivity contribution < 1.29 is 8.87 Å². The normalized spacial score (nSPS) is 14.7. The summed E-state index contributed by atoms with van der Waals surface area (Å²) in [7, 11) is 0. The molecule has 0 atom stereocenters. The molecule has 12 heavy (non-hydrogen) atoms. The van der Waals surface area contributed by atoms with Gasteiger partial charge in [-0.15, -0.1) is 0 Å². The van der Waals surface area contributed by atoms with Crippen molar-refractivity contribution in [2.45, 2.75) is 6.42 Å². The van der Waals surface area contributed by atoms with Gasteiger partial charge in [0.15, 0.2) is 0 Å². The lowest BCUT2D eigenvalue weighted by Crippen LogP contribution is -2.10. The van der Waals surface area contributed by atoms with Crippen molar-refractivity contribution in [3.8, 4) is 0 Å². The summed E-state index contributed by atoms with van der Waals surface area (Å²) in [5.41, 5.74) is 0.722. The first kappa shape index (κ1) is 7.28. The van der Waals surface area contributed by atoms with Gasteiger partial charge in [0.2, 0.25) is 0 Å². The van der Waals surface area contributed by atoms with Crippen LogP contribution in [0.3, 0.4) is 0 Å². The predicted molar refractivity (Wildman–Crippen MR) is 42.8 cm³/mol. The van der Waals surface area contributed by atoms with Crippen molar-refractivity contribution in [2.24, 2.45) is 0 Å². The third kappa shape index (κ3) is 0.978. The van der Waals surface area contributed by atoms with E-state index in [9.17, 15) is 8.87 Å². The molecule has 0 unspecified atom stereocenters. The molecule has 0 spiro atoms. The van der Waals surface area contributed by atoms with Crippen LogP contribution in [0.2, 0.25) is 0 Å². The molecule has 1 aromatic rings. The first-order valence-electron chi connectivity index (χ1n) is 3.68. The first-order valence-corrected chi connectivity index (χ1v) is 3.68. The third-order valence-electron chi connectivity index (χ3n) is 1.88. The molecule has 2 rings (SSSR count). The number of benzene rings is 1. The lowest BCUT2D eigenvalue weighted by molar-refractivity contribution is 0.489. The van der Waals surface area contributed by atoms with E-state index < -0.39 is 0 Å².